The number of hydrazone groups is 1. The van der Waals surface area contributed by atoms with Crippen LogP contribution in [-0.4, -0.2) is 12.3 Å². The highest BCUT2D eigenvalue weighted by Gasteiger charge is 2.17. The largest absolute Gasteiger partial charge is 0.261 e. The monoisotopic (exact) mass is 248 g/mol. The maximum Gasteiger partial charge on any atom is 0.0685 e. The molecular weight excluding hydrogens is 232 g/mol. The molecule has 0 N–H and O–H groups in total. The van der Waals surface area contributed by atoms with Crippen LogP contribution in [-0.2, 0) is 0 Å². The molecule has 2 aromatic carbocycles. The first kappa shape index (κ1) is 11.7. The van der Waals surface area contributed by atoms with Crippen LogP contribution in [0, 0.1) is 0 Å². The zero-order valence-electron chi connectivity index (χ0n) is 11.0. The third-order valence-corrected chi connectivity index (χ3v) is 3.25. The van der Waals surface area contributed by atoms with Crippen LogP contribution in [0.3, 0.4) is 0 Å². The molecule has 0 fully saturated rings. The minimum Gasteiger partial charge on any atom is -0.261 e. The quantitative estimate of drug-likeness (QED) is 0.785. The van der Waals surface area contributed by atoms with Gasteiger partial charge >= 0.3 is 0 Å². The summed E-state index contributed by atoms with van der Waals surface area (Å²) in [5, 5.41) is 6.66. The van der Waals surface area contributed by atoms with Gasteiger partial charge in [-0.2, -0.15) is 5.10 Å². The number of benzene rings is 2. The summed E-state index contributed by atoms with van der Waals surface area (Å²) in [5.74, 6) is 0. The molecule has 0 amide bonds. The Morgan fingerprint density at radius 2 is 1.58 bits per heavy atom. The van der Waals surface area contributed by atoms with Crippen molar-refractivity contribution in [2.75, 3.05) is 11.6 Å². The summed E-state index contributed by atoms with van der Waals surface area (Å²) in [6.07, 6.45) is 2.21. The summed E-state index contributed by atoms with van der Waals surface area (Å²) < 4.78 is 0. The lowest BCUT2D eigenvalue weighted by Crippen LogP contribution is -2.12. The van der Waals surface area contributed by atoms with Gasteiger partial charge in [0.1, 0.15) is 0 Å². The fraction of sp³-hybridized carbons (Fsp3) is 0.118. The number of nitrogens with zero attached hydrogens (tertiary/aromatic N) is 2. The van der Waals surface area contributed by atoms with Gasteiger partial charge in [0.05, 0.1) is 17.9 Å². The highest BCUT2D eigenvalue weighted by atomic mass is 15.5. The van der Waals surface area contributed by atoms with E-state index in [9.17, 15) is 0 Å². The van der Waals surface area contributed by atoms with Gasteiger partial charge in [0.2, 0.25) is 0 Å². The Labute approximate surface area is 113 Å². The summed E-state index contributed by atoms with van der Waals surface area (Å²) in [6, 6.07) is 20.7. The molecule has 0 saturated carbocycles. The minimum atomic E-state index is 0.838. The Bertz CT molecular complexity index is 612. The number of hydrogen-bond donors (Lipinski definition) is 0. The van der Waals surface area contributed by atoms with Crippen molar-refractivity contribution in [3.63, 3.8) is 0 Å². The highest BCUT2D eigenvalue weighted by Crippen LogP contribution is 2.22. The van der Waals surface area contributed by atoms with E-state index in [-0.39, 0.29) is 0 Å². The summed E-state index contributed by atoms with van der Waals surface area (Å²) in [6.45, 7) is 2.91. The highest BCUT2D eigenvalue weighted by molar-refractivity contribution is 6.05. The molecule has 1 heterocycles. The van der Waals surface area contributed by atoms with Gasteiger partial charge in [-0.25, -0.2) is 0 Å². The van der Waals surface area contributed by atoms with Crippen molar-refractivity contribution in [1.82, 2.24) is 0 Å². The van der Waals surface area contributed by atoms with Crippen LogP contribution in [0.15, 0.2) is 71.3 Å². The molecule has 0 aromatic heterocycles. The van der Waals surface area contributed by atoms with Gasteiger partial charge in [-0.1, -0.05) is 48.5 Å². The molecule has 1 aliphatic rings. The van der Waals surface area contributed by atoms with Crippen LogP contribution in [0.2, 0.25) is 0 Å². The molecular formula is C17H16N2. The summed E-state index contributed by atoms with van der Waals surface area (Å²) in [7, 11) is 0. The van der Waals surface area contributed by atoms with Crippen LogP contribution in [0.1, 0.15) is 12.5 Å². The zero-order chi connectivity index (χ0) is 13.1. The van der Waals surface area contributed by atoms with E-state index < -0.39 is 0 Å². The lowest BCUT2D eigenvalue weighted by Gasteiger charge is -2.12. The van der Waals surface area contributed by atoms with Gasteiger partial charge in [0.25, 0.3) is 0 Å². The van der Waals surface area contributed by atoms with Gasteiger partial charge in [-0.15, -0.1) is 0 Å². The van der Waals surface area contributed by atoms with Crippen LogP contribution in [0.5, 0.6) is 0 Å². The van der Waals surface area contributed by atoms with E-state index >= 15 is 0 Å². The number of rotatable bonds is 2. The fourth-order valence-corrected chi connectivity index (χ4v) is 2.21. The summed E-state index contributed by atoms with van der Waals surface area (Å²) in [4.78, 5) is 0. The van der Waals surface area contributed by atoms with Crippen molar-refractivity contribution in [2.24, 2.45) is 5.10 Å². The van der Waals surface area contributed by atoms with Gasteiger partial charge in [-0.05, 0) is 36.3 Å². The van der Waals surface area contributed by atoms with Gasteiger partial charge < -0.3 is 0 Å². The average Bonchev–Trinajstić information content (AvgIpc) is 2.82. The molecule has 0 saturated heterocycles. The van der Waals surface area contributed by atoms with Crippen molar-refractivity contribution in [2.45, 2.75) is 6.92 Å². The van der Waals surface area contributed by atoms with E-state index in [1.165, 1.54) is 11.1 Å². The lowest BCUT2D eigenvalue weighted by atomic mass is 10.1. The number of hydrogen-bond acceptors (Lipinski definition) is 2. The van der Waals surface area contributed by atoms with Gasteiger partial charge in [0, 0.05) is 0 Å². The van der Waals surface area contributed by atoms with Crippen LogP contribution >= 0.6 is 0 Å². The molecule has 0 atom stereocenters. The van der Waals surface area contributed by atoms with E-state index in [1.54, 1.807) is 0 Å². The Morgan fingerprint density at radius 3 is 2.26 bits per heavy atom. The van der Waals surface area contributed by atoms with E-state index in [4.69, 9.17) is 0 Å². The molecule has 0 aliphatic carbocycles. The standard InChI is InChI=1S/C17H16N2/c1-14-16(12-15-8-4-2-5-9-15)13-19(18-14)17-10-6-3-7-11-17/h2-12H,13H2,1H3/b16-12-. The molecule has 0 bridgehead atoms. The molecule has 0 unspecified atom stereocenters. The fourth-order valence-electron chi connectivity index (χ4n) is 2.21. The second kappa shape index (κ2) is 5.11. The SMILES string of the molecule is CC1=NN(c2ccccc2)C/C1=C/c1ccccc1. The smallest absolute Gasteiger partial charge is 0.0685 e. The van der Waals surface area contributed by atoms with E-state index in [1.807, 2.05) is 29.3 Å². The molecule has 1 aliphatic heterocycles. The maximum absolute atomic E-state index is 4.62. The Hall–Kier alpha value is -2.35. The molecule has 2 nitrogen and oxygen atoms in total. The average molecular weight is 248 g/mol. The van der Waals surface area contributed by atoms with E-state index in [0.29, 0.717) is 0 Å². The first-order chi connectivity index (χ1) is 9.33. The van der Waals surface area contributed by atoms with Crippen molar-refractivity contribution >= 4 is 17.5 Å². The number of anilines is 1. The lowest BCUT2D eigenvalue weighted by molar-refractivity contribution is 0.973. The molecule has 0 spiro atoms. The molecule has 0 radical (unpaired) electrons. The molecule has 2 aromatic rings. The van der Waals surface area contributed by atoms with E-state index in [2.05, 4.69) is 54.5 Å². The molecule has 19 heavy (non-hydrogen) atoms. The van der Waals surface area contributed by atoms with Crippen molar-refractivity contribution in [1.29, 1.82) is 0 Å². The molecule has 94 valence electrons. The van der Waals surface area contributed by atoms with Crippen molar-refractivity contribution in [3.8, 4) is 0 Å². The first-order valence-corrected chi connectivity index (χ1v) is 6.47. The van der Waals surface area contributed by atoms with Crippen LogP contribution in [0.4, 0.5) is 5.69 Å². The normalized spacial score (nSPS) is 16.8. The summed E-state index contributed by atoms with van der Waals surface area (Å²) >= 11 is 0. The maximum atomic E-state index is 4.62. The van der Waals surface area contributed by atoms with Crippen LogP contribution in [0.25, 0.3) is 6.08 Å². The Morgan fingerprint density at radius 1 is 0.947 bits per heavy atom. The van der Waals surface area contributed by atoms with Gasteiger partial charge in [0.15, 0.2) is 0 Å². The summed E-state index contributed by atoms with van der Waals surface area (Å²) in [5.41, 5.74) is 4.73. The zero-order valence-corrected chi connectivity index (χ0v) is 11.0. The van der Waals surface area contributed by atoms with Crippen molar-refractivity contribution < 1.29 is 0 Å². The Balaban J connectivity index is 1.85. The third-order valence-electron chi connectivity index (χ3n) is 3.25. The number of para-hydroxylation sites is 1. The van der Waals surface area contributed by atoms with Crippen LogP contribution < -0.4 is 5.01 Å². The predicted octanol–water partition coefficient (Wildman–Crippen LogP) is 3.97. The van der Waals surface area contributed by atoms with E-state index in [0.717, 1.165) is 17.9 Å². The predicted molar refractivity (Wildman–Crippen MR) is 81.3 cm³/mol. The molecule has 2 heteroatoms. The second-order valence-electron chi connectivity index (χ2n) is 4.66. The third kappa shape index (κ3) is 2.58. The topological polar surface area (TPSA) is 15.6 Å². The minimum absolute atomic E-state index is 0.838. The van der Waals surface area contributed by atoms with Crippen molar-refractivity contribution in [3.05, 3.63) is 71.8 Å². The second-order valence-corrected chi connectivity index (χ2v) is 4.66. The Kier molecular flexibility index (Phi) is 3.15. The van der Waals surface area contributed by atoms with Gasteiger partial charge in [-0.3, -0.25) is 5.01 Å². The first-order valence-electron chi connectivity index (χ1n) is 6.47. The molecule has 3 rings (SSSR count).